The van der Waals surface area contributed by atoms with Crippen molar-refractivity contribution >= 4 is 11.7 Å². The largest absolute Gasteiger partial charge is 0.469 e. The summed E-state index contributed by atoms with van der Waals surface area (Å²) in [7, 11) is 5.46. The number of methoxy groups -OCH3 is 1. The summed E-state index contributed by atoms with van der Waals surface area (Å²) in [5.74, 6) is 0.234. The van der Waals surface area contributed by atoms with Crippen LogP contribution >= 0.6 is 0 Å². The maximum Gasteiger partial charge on any atom is 0.305 e. The molecule has 3 fully saturated rings. The van der Waals surface area contributed by atoms with Gasteiger partial charge in [0, 0.05) is 61.6 Å². The molecule has 7 nitrogen and oxygen atoms in total. The van der Waals surface area contributed by atoms with Crippen LogP contribution in [0.4, 0.5) is 10.1 Å². The standard InChI is InChI=1S/C35H44FN5O2/c1-38-35(30-8-6-9-31(36)19-30,33-10-5-7-26(33)18-34(42)43-4)29-13-15-40(16-14-29)21-25-22-41(23-25)32-12-11-27(20-37)28(17-32)24-39(2)3/h6,8-9,11-12,17,19,25-26,29,33H,5,7,10,13-16,18,21-24H2,2-4H3/t26-,33+,35-/m1/s1. The van der Waals surface area contributed by atoms with Crippen LogP contribution in [-0.4, -0.2) is 69.7 Å². The molecule has 0 spiro atoms. The van der Waals surface area contributed by atoms with Crippen LogP contribution in [0.2, 0.25) is 0 Å². The molecule has 2 saturated heterocycles. The molecule has 0 unspecified atom stereocenters. The highest BCUT2D eigenvalue weighted by Crippen LogP contribution is 2.54. The molecule has 1 saturated carbocycles. The van der Waals surface area contributed by atoms with Crippen LogP contribution < -0.4 is 4.90 Å². The van der Waals surface area contributed by atoms with E-state index in [4.69, 9.17) is 11.3 Å². The van der Waals surface area contributed by atoms with Gasteiger partial charge in [0.25, 0.3) is 5.54 Å². The number of benzene rings is 2. The van der Waals surface area contributed by atoms with Gasteiger partial charge in [-0.25, -0.2) is 11.0 Å². The molecule has 228 valence electrons. The number of nitriles is 1. The van der Waals surface area contributed by atoms with Crippen LogP contribution in [0.1, 0.15) is 55.2 Å². The van der Waals surface area contributed by atoms with Gasteiger partial charge in [0.2, 0.25) is 0 Å². The van der Waals surface area contributed by atoms with Crippen LogP contribution in [-0.2, 0) is 21.6 Å². The Labute approximate surface area is 256 Å². The van der Waals surface area contributed by atoms with Crippen LogP contribution in [0.15, 0.2) is 42.5 Å². The van der Waals surface area contributed by atoms with Gasteiger partial charge in [0.15, 0.2) is 0 Å². The minimum Gasteiger partial charge on any atom is -0.469 e. The SMILES string of the molecule is [C-]#[N+][C@@](c1cccc(F)c1)(C1CCN(CC2CN(c3ccc(C#N)c(CN(C)C)c3)C2)CC1)[C@H]1CCC[C@@H]1CC(=O)OC. The number of carbonyl (C=O) groups excluding carboxylic acids is 1. The molecule has 3 atom stereocenters. The zero-order chi connectivity index (χ0) is 30.6. The lowest BCUT2D eigenvalue weighted by atomic mass is 9.63. The quantitative estimate of drug-likeness (QED) is 0.263. The molecule has 0 amide bonds. The van der Waals surface area contributed by atoms with Gasteiger partial charge in [0.05, 0.1) is 18.7 Å². The second-order valence-corrected chi connectivity index (χ2v) is 13.1. The molecular formula is C35H44FN5O2. The third-order valence-electron chi connectivity index (χ3n) is 10.1. The lowest BCUT2D eigenvalue weighted by Crippen LogP contribution is -2.53. The number of ether oxygens (including phenoxy) is 1. The summed E-state index contributed by atoms with van der Waals surface area (Å²) < 4.78 is 19.6. The van der Waals surface area contributed by atoms with Gasteiger partial charge in [-0.05, 0) is 94.7 Å². The third-order valence-corrected chi connectivity index (χ3v) is 10.1. The topological polar surface area (TPSA) is 64.2 Å². The summed E-state index contributed by atoms with van der Waals surface area (Å²) in [6, 6.07) is 15.1. The van der Waals surface area contributed by atoms with E-state index in [-0.39, 0.29) is 29.5 Å². The van der Waals surface area contributed by atoms with Crippen molar-refractivity contribution in [1.82, 2.24) is 9.80 Å². The molecule has 43 heavy (non-hydrogen) atoms. The van der Waals surface area contributed by atoms with Crippen LogP contribution in [0.5, 0.6) is 0 Å². The number of rotatable bonds is 10. The highest BCUT2D eigenvalue weighted by Gasteiger charge is 2.58. The Morgan fingerprint density at radius 1 is 1.16 bits per heavy atom. The van der Waals surface area contributed by atoms with Crippen molar-refractivity contribution in [2.24, 2.45) is 23.7 Å². The predicted molar refractivity (Wildman–Crippen MR) is 166 cm³/mol. The normalized spacial score (nSPS) is 22.9. The van der Waals surface area contributed by atoms with E-state index >= 15 is 0 Å². The van der Waals surface area contributed by atoms with Crippen molar-refractivity contribution in [3.8, 4) is 6.07 Å². The first kappa shape index (κ1) is 31.0. The maximum atomic E-state index is 14.6. The Bertz CT molecular complexity index is 1370. The summed E-state index contributed by atoms with van der Waals surface area (Å²) >= 11 is 0. The Balaban J connectivity index is 1.24. The van der Waals surface area contributed by atoms with Crippen molar-refractivity contribution in [2.75, 3.05) is 58.8 Å². The van der Waals surface area contributed by atoms with E-state index < -0.39 is 5.54 Å². The number of hydrogen-bond acceptors (Lipinski definition) is 6. The number of hydrogen-bond donors (Lipinski definition) is 0. The summed E-state index contributed by atoms with van der Waals surface area (Å²) in [5.41, 5.74) is 2.92. The number of carbonyl (C=O) groups is 1. The molecule has 0 N–H and O–H groups in total. The summed E-state index contributed by atoms with van der Waals surface area (Å²) in [5, 5.41) is 9.50. The molecule has 1 aliphatic carbocycles. The Kier molecular flexibility index (Phi) is 9.69. The third kappa shape index (κ3) is 6.56. The average molecular weight is 586 g/mol. The van der Waals surface area contributed by atoms with Gasteiger partial charge in [-0.15, -0.1) is 0 Å². The van der Waals surface area contributed by atoms with Crippen LogP contribution in [0.3, 0.4) is 0 Å². The van der Waals surface area contributed by atoms with Gasteiger partial charge in [-0.1, -0.05) is 18.6 Å². The van der Waals surface area contributed by atoms with Crippen molar-refractivity contribution < 1.29 is 13.9 Å². The fourth-order valence-electron chi connectivity index (χ4n) is 8.06. The number of nitrogens with zero attached hydrogens (tertiary/aromatic N) is 5. The molecule has 8 heteroatoms. The van der Waals surface area contributed by atoms with Gasteiger partial charge < -0.3 is 24.3 Å². The van der Waals surface area contributed by atoms with Gasteiger partial charge in [-0.2, -0.15) is 5.26 Å². The average Bonchev–Trinajstić information content (AvgIpc) is 3.44. The molecule has 0 bridgehead atoms. The fourth-order valence-corrected chi connectivity index (χ4v) is 8.06. The Hall–Kier alpha value is -3.46. The molecular weight excluding hydrogens is 541 g/mol. The van der Waals surface area contributed by atoms with Crippen LogP contribution in [0, 0.1) is 47.4 Å². The van der Waals surface area contributed by atoms with Crippen molar-refractivity contribution in [3.63, 3.8) is 0 Å². The minimum atomic E-state index is -0.837. The molecule has 0 aromatic heterocycles. The second-order valence-electron chi connectivity index (χ2n) is 13.1. The van der Waals surface area contributed by atoms with Gasteiger partial charge in [0.1, 0.15) is 5.82 Å². The highest BCUT2D eigenvalue weighted by atomic mass is 19.1. The lowest BCUT2D eigenvalue weighted by molar-refractivity contribution is -0.142. The van der Waals surface area contributed by atoms with E-state index in [1.165, 1.54) is 18.9 Å². The second kappa shape index (κ2) is 13.5. The fraction of sp³-hybridized carbons (Fsp3) is 0.571. The number of anilines is 1. The lowest BCUT2D eigenvalue weighted by Gasteiger charge is -2.46. The van der Waals surface area contributed by atoms with E-state index in [1.807, 2.05) is 26.2 Å². The Morgan fingerprint density at radius 2 is 1.93 bits per heavy atom. The summed E-state index contributed by atoms with van der Waals surface area (Å²) in [4.78, 5) is 23.7. The molecule has 2 aromatic carbocycles. The zero-order valence-electron chi connectivity index (χ0n) is 25.8. The van der Waals surface area contributed by atoms with Gasteiger partial charge in [-0.3, -0.25) is 4.79 Å². The summed E-state index contributed by atoms with van der Waals surface area (Å²) in [6.07, 6.45) is 4.86. The van der Waals surface area contributed by atoms with E-state index in [1.54, 1.807) is 12.1 Å². The van der Waals surface area contributed by atoms with Gasteiger partial charge >= 0.3 is 5.97 Å². The van der Waals surface area contributed by atoms with E-state index in [9.17, 15) is 14.4 Å². The highest BCUT2D eigenvalue weighted by molar-refractivity contribution is 5.69. The first-order chi connectivity index (χ1) is 20.8. The molecule has 2 heterocycles. The van der Waals surface area contributed by atoms with Crippen molar-refractivity contribution in [1.29, 1.82) is 5.26 Å². The van der Waals surface area contributed by atoms with Crippen LogP contribution in [0.25, 0.3) is 4.85 Å². The minimum absolute atomic E-state index is 0.00690. The van der Waals surface area contributed by atoms with Crippen molar-refractivity contribution in [3.05, 3.63) is 76.4 Å². The monoisotopic (exact) mass is 585 g/mol. The first-order valence-electron chi connectivity index (χ1n) is 15.6. The predicted octanol–water partition coefficient (Wildman–Crippen LogP) is 5.70. The zero-order valence-corrected chi connectivity index (χ0v) is 25.8. The molecule has 5 rings (SSSR count). The number of likely N-dealkylation sites (tertiary alicyclic amines) is 1. The number of piperidine rings is 1. The summed E-state index contributed by atoms with van der Waals surface area (Å²) in [6.45, 7) is 14.2. The Morgan fingerprint density at radius 3 is 2.58 bits per heavy atom. The molecule has 2 aromatic rings. The molecule has 0 radical (unpaired) electrons. The number of halogens is 1. The number of esters is 1. The molecule has 2 aliphatic heterocycles. The van der Waals surface area contributed by atoms with E-state index in [2.05, 4.69) is 37.7 Å². The molecule has 3 aliphatic rings. The van der Waals surface area contributed by atoms with Crippen molar-refractivity contribution in [2.45, 2.75) is 50.6 Å². The smallest absolute Gasteiger partial charge is 0.305 e. The van der Waals surface area contributed by atoms with E-state index in [0.717, 1.165) is 88.1 Å². The first-order valence-corrected chi connectivity index (χ1v) is 15.6. The maximum absolute atomic E-state index is 14.6. The van der Waals surface area contributed by atoms with E-state index in [0.29, 0.717) is 12.3 Å².